The lowest BCUT2D eigenvalue weighted by Gasteiger charge is -2.02. The van der Waals surface area contributed by atoms with Crippen LogP contribution in [0.15, 0.2) is 24.5 Å². The number of nitrogens with zero attached hydrogens (tertiary/aromatic N) is 5. The third-order valence-electron chi connectivity index (χ3n) is 3.79. The van der Waals surface area contributed by atoms with Crippen molar-refractivity contribution in [2.45, 2.75) is 20.0 Å². The third kappa shape index (κ3) is 1.86. The predicted octanol–water partition coefficient (Wildman–Crippen LogP) is 2.40. The van der Waals surface area contributed by atoms with Crippen molar-refractivity contribution >= 4 is 27.3 Å². The van der Waals surface area contributed by atoms with Crippen molar-refractivity contribution in [3.05, 3.63) is 35.2 Å². The molecular weight excluding hydrogens is 298 g/mol. The fourth-order valence-corrected chi connectivity index (χ4v) is 3.48. The van der Waals surface area contributed by atoms with Crippen LogP contribution < -0.4 is 0 Å². The van der Waals surface area contributed by atoms with Crippen LogP contribution in [0.4, 0.5) is 0 Å². The molecule has 3 heterocycles. The summed E-state index contributed by atoms with van der Waals surface area (Å²) in [6, 6.07) is 6.04. The Morgan fingerprint density at radius 1 is 1.32 bits per heavy atom. The zero-order valence-corrected chi connectivity index (χ0v) is 13.1. The minimum Gasteiger partial charge on any atom is -0.390 e. The number of rotatable bonds is 3. The maximum atomic E-state index is 9.75. The molecular formula is C15H15N5OS. The lowest BCUT2D eigenvalue weighted by molar-refractivity contribution is 0.275. The van der Waals surface area contributed by atoms with Gasteiger partial charge in [-0.15, -0.1) is 0 Å². The second-order valence-corrected chi connectivity index (χ2v) is 6.21. The number of aryl methyl sites for hydroxylation is 2. The van der Waals surface area contributed by atoms with Crippen molar-refractivity contribution in [1.82, 2.24) is 24.1 Å². The van der Waals surface area contributed by atoms with Crippen molar-refractivity contribution in [2.75, 3.05) is 0 Å². The lowest BCUT2D eigenvalue weighted by Crippen LogP contribution is -1.96. The number of hydrogen-bond acceptors (Lipinski definition) is 5. The lowest BCUT2D eigenvalue weighted by atomic mass is 10.1. The molecule has 0 aliphatic heterocycles. The molecule has 4 aromatic rings. The first-order valence-corrected chi connectivity index (χ1v) is 7.92. The molecule has 0 bridgehead atoms. The highest BCUT2D eigenvalue weighted by Gasteiger charge is 2.17. The zero-order chi connectivity index (χ0) is 15.3. The zero-order valence-electron chi connectivity index (χ0n) is 12.3. The average Bonchev–Trinajstić information content (AvgIpc) is 3.19. The minimum absolute atomic E-state index is 0.0936. The Hall–Kier alpha value is -2.25. The molecule has 0 amide bonds. The summed E-state index contributed by atoms with van der Waals surface area (Å²) in [7, 11) is 1.97. The van der Waals surface area contributed by atoms with Crippen molar-refractivity contribution in [1.29, 1.82) is 0 Å². The van der Waals surface area contributed by atoms with E-state index in [0.717, 1.165) is 44.4 Å². The van der Waals surface area contributed by atoms with Gasteiger partial charge in [-0.2, -0.15) is 5.10 Å². The van der Waals surface area contributed by atoms with Gasteiger partial charge in [-0.25, -0.2) is 14.5 Å². The van der Waals surface area contributed by atoms with Crippen LogP contribution >= 0.6 is 11.3 Å². The Kier molecular flexibility index (Phi) is 2.98. The van der Waals surface area contributed by atoms with Crippen molar-refractivity contribution in [3.8, 4) is 11.3 Å². The Morgan fingerprint density at radius 3 is 2.95 bits per heavy atom. The van der Waals surface area contributed by atoms with E-state index in [4.69, 9.17) is 0 Å². The maximum Gasteiger partial charge on any atom is 0.213 e. The topological polar surface area (TPSA) is 68.2 Å². The number of aromatic nitrogens is 5. The SMILES string of the molecule is CCc1nn2c(CO)c(-c3ccc4c(c3)ncn4C)nc2s1. The van der Waals surface area contributed by atoms with Crippen LogP contribution in [-0.4, -0.2) is 29.3 Å². The van der Waals surface area contributed by atoms with Gasteiger partial charge in [-0.1, -0.05) is 24.3 Å². The van der Waals surface area contributed by atoms with Gasteiger partial charge in [-0.05, 0) is 18.6 Å². The van der Waals surface area contributed by atoms with E-state index in [1.807, 2.05) is 29.8 Å². The van der Waals surface area contributed by atoms with Crippen LogP contribution in [0.2, 0.25) is 0 Å². The van der Waals surface area contributed by atoms with Crippen LogP contribution in [0.5, 0.6) is 0 Å². The highest BCUT2D eigenvalue weighted by Crippen LogP contribution is 2.29. The molecule has 4 rings (SSSR count). The van der Waals surface area contributed by atoms with Crippen molar-refractivity contribution in [2.24, 2.45) is 7.05 Å². The molecule has 0 spiro atoms. The van der Waals surface area contributed by atoms with E-state index in [-0.39, 0.29) is 6.61 Å². The molecule has 0 fully saturated rings. The molecule has 0 radical (unpaired) electrons. The average molecular weight is 313 g/mol. The molecule has 0 saturated carbocycles. The molecule has 0 aliphatic carbocycles. The fraction of sp³-hybridized carbons (Fsp3) is 0.267. The summed E-state index contributed by atoms with van der Waals surface area (Å²) >= 11 is 1.56. The van der Waals surface area contributed by atoms with E-state index < -0.39 is 0 Å². The van der Waals surface area contributed by atoms with Crippen molar-refractivity contribution in [3.63, 3.8) is 0 Å². The summed E-state index contributed by atoms with van der Waals surface area (Å²) in [6.45, 7) is 1.97. The van der Waals surface area contributed by atoms with Crippen LogP contribution in [0, 0.1) is 0 Å². The fourth-order valence-electron chi connectivity index (χ4n) is 2.63. The van der Waals surface area contributed by atoms with E-state index in [1.165, 1.54) is 0 Å². The molecule has 0 atom stereocenters. The van der Waals surface area contributed by atoms with Gasteiger partial charge in [0.05, 0.1) is 35.4 Å². The summed E-state index contributed by atoms with van der Waals surface area (Å²) in [5, 5.41) is 15.3. The molecule has 3 aromatic heterocycles. The van der Waals surface area contributed by atoms with Gasteiger partial charge in [0.2, 0.25) is 4.96 Å². The summed E-state index contributed by atoms with van der Waals surface area (Å²) in [5.41, 5.74) is 4.44. The predicted molar refractivity (Wildman–Crippen MR) is 85.9 cm³/mol. The van der Waals surface area contributed by atoms with Crippen LogP contribution in [-0.2, 0) is 20.1 Å². The number of hydrogen-bond donors (Lipinski definition) is 1. The van der Waals surface area contributed by atoms with Gasteiger partial charge >= 0.3 is 0 Å². The first-order chi connectivity index (χ1) is 10.7. The number of aliphatic hydroxyl groups is 1. The summed E-state index contributed by atoms with van der Waals surface area (Å²) < 4.78 is 3.73. The smallest absolute Gasteiger partial charge is 0.213 e. The first kappa shape index (κ1) is 13.4. The summed E-state index contributed by atoms with van der Waals surface area (Å²) in [6.07, 6.45) is 2.66. The second-order valence-electron chi connectivity index (χ2n) is 5.17. The highest BCUT2D eigenvalue weighted by atomic mass is 32.1. The molecule has 0 saturated heterocycles. The number of benzene rings is 1. The molecule has 6 nitrogen and oxygen atoms in total. The van der Waals surface area contributed by atoms with Crippen molar-refractivity contribution < 1.29 is 5.11 Å². The Bertz CT molecular complexity index is 981. The summed E-state index contributed by atoms with van der Waals surface area (Å²) in [5.74, 6) is 0. The van der Waals surface area contributed by atoms with Gasteiger partial charge in [0.1, 0.15) is 5.01 Å². The van der Waals surface area contributed by atoms with Crippen LogP contribution in [0.1, 0.15) is 17.6 Å². The van der Waals surface area contributed by atoms with Crippen LogP contribution in [0.3, 0.4) is 0 Å². The maximum absolute atomic E-state index is 9.75. The molecule has 7 heteroatoms. The Morgan fingerprint density at radius 2 is 2.18 bits per heavy atom. The number of aliphatic hydroxyl groups excluding tert-OH is 1. The van der Waals surface area contributed by atoms with E-state index in [0.29, 0.717) is 0 Å². The number of imidazole rings is 2. The van der Waals surface area contributed by atoms with Gasteiger partial charge in [0.15, 0.2) is 0 Å². The Labute approximate surface area is 130 Å². The Balaban J connectivity index is 1.92. The van der Waals surface area contributed by atoms with E-state index in [9.17, 15) is 5.11 Å². The molecule has 1 aromatic carbocycles. The normalized spacial score (nSPS) is 11.8. The number of fused-ring (bicyclic) bond motifs is 2. The van der Waals surface area contributed by atoms with Gasteiger partial charge in [0, 0.05) is 12.6 Å². The molecule has 0 aliphatic rings. The van der Waals surface area contributed by atoms with E-state index in [1.54, 1.807) is 22.2 Å². The van der Waals surface area contributed by atoms with E-state index in [2.05, 4.69) is 22.0 Å². The van der Waals surface area contributed by atoms with Crippen LogP contribution in [0.25, 0.3) is 27.3 Å². The monoisotopic (exact) mass is 313 g/mol. The summed E-state index contributed by atoms with van der Waals surface area (Å²) in [4.78, 5) is 9.86. The molecule has 112 valence electrons. The second kappa shape index (κ2) is 4.89. The standard InChI is InChI=1S/C15H15N5OS/c1-3-13-18-20-12(7-21)14(17-15(20)22-13)9-4-5-11-10(6-9)16-8-19(11)2/h4-6,8,21H,3,7H2,1-2H3. The quantitative estimate of drug-likeness (QED) is 0.630. The largest absolute Gasteiger partial charge is 0.390 e. The molecule has 0 unspecified atom stereocenters. The van der Waals surface area contributed by atoms with Gasteiger partial charge < -0.3 is 9.67 Å². The minimum atomic E-state index is -0.0936. The third-order valence-corrected chi connectivity index (χ3v) is 4.84. The molecule has 1 N–H and O–H groups in total. The molecule has 22 heavy (non-hydrogen) atoms. The first-order valence-electron chi connectivity index (χ1n) is 7.11. The van der Waals surface area contributed by atoms with E-state index >= 15 is 0 Å². The van der Waals surface area contributed by atoms with Gasteiger partial charge in [-0.3, -0.25) is 0 Å². The van der Waals surface area contributed by atoms with Gasteiger partial charge in [0.25, 0.3) is 0 Å². The highest BCUT2D eigenvalue weighted by molar-refractivity contribution is 7.16.